The van der Waals surface area contributed by atoms with Gasteiger partial charge in [0.15, 0.2) is 5.96 Å². The number of aliphatic hydroxyl groups is 1. The number of piperidine rings is 1. The second-order valence-corrected chi connectivity index (χ2v) is 5.83. The second-order valence-electron chi connectivity index (χ2n) is 5.83. The Hall–Kier alpha value is -0.0400. The SMILES string of the molecule is CC1CCC2CN=C(N[C@@H](CO)C(C)C)N2C1.I. The van der Waals surface area contributed by atoms with Gasteiger partial charge in [-0.3, -0.25) is 4.99 Å². The van der Waals surface area contributed by atoms with Crippen molar-refractivity contribution in [1.29, 1.82) is 0 Å². The van der Waals surface area contributed by atoms with Gasteiger partial charge in [-0.2, -0.15) is 0 Å². The van der Waals surface area contributed by atoms with E-state index in [-0.39, 0.29) is 36.6 Å². The van der Waals surface area contributed by atoms with E-state index in [0.717, 1.165) is 25.0 Å². The zero-order valence-corrected chi connectivity index (χ0v) is 13.9. The fourth-order valence-electron chi connectivity index (χ4n) is 2.66. The zero-order chi connectivity index (χ0) is 12.4. The molecule has 4 nitrogen and oxygen atoms in total. The van der Waals surface area contributed by atoms with Crippen molar-refractivity contribution in [2.45, 2.75) is 45.7 Å². The van der Waals surface area contributed by atoms with Crippen LogP contribution in [-0.2, 0) is 0 Å². The van der Waals surface area contributed by atoms with Crippen LogP contribution in [0.25, 0.3) is 0 Å². The molecule has 0 aliphatic carbocycles. The Morgan fingerprint density at radius 3 is 2.78 bits per heavy atom. The molecule has 5 heteroatoms. The lowest BCUT2D eigenvalue weighted by Crippen LogP contribution is -2.52. The molecule has 2 N–H and O–H groups in total. The third-order valence-corrected chi connectivity index (χ3v) is 3.98. The molecule has 0 radical (unpaired) electrons. The largest absolute Gasteiger partial charge is 0.394 e. The molecule has 0 saturated carbocycles. The van der Waals surface area contributed by atoms with E-state index in [1.54, 1.807) is 0 Å². The molecule has 2 aliphatic heterocycles. The molecule has 106 valence electrons. The summed E-state index contributed by atoms with van der Waals surface area (Å²) in [6.07, 6.45) is 2.57. The quantitative estimate of drug-likeness (QED) is 0.747. The van der Waals surface area contributed by atoms with E-state index >= 15 is 0 Å². The van der Waals surface area contributed by atoms with E-state index in [1.165, 1.54) is 12.8 Å². The number of rotatable bonds is 3. The first-order chi connectivity index (χ1) is 8.11. The van der Waals surface area contributed by atoms with Crippen LogP contribution in [0.4, 0.5) is 0 Å². The van der Waals surface area contributed by atoms with Crippen LogP contribution in [-0.4, -0.2) is 47.7 Å². The maximum Gasteiger partial charge on any atom is 0.194 e. The van der Waals surface area contributed by atoms with E-state index in [9.17, 15) is 5.11 Å². The number of nitrogens with one attached hydrogen (secondary N) is 1. The molecule has 18 heavy (non-hydrogen) atoms. The van der Waals surface area contributed by atoms with Gasteiger partial charge in [-0.25, -0.2) is 0 Å². The minimum absolute atomic E-state index is 0. The summed E-state index contributed by atoms with van der Waals surface area (Å²) < 4.78 is 0. The van der Waals surface area contributed by atoms with Crippen LogP contribution in [0.5, 0.6) is 0 Å². The highest BCUT2D eigenvalue weighted by Gasteiger charge is 2.33. The van der Waals surface area contributed by atoms with Crippen molar-refractivity contribution in [2.75, 3.05) is 19.7 Å². The number of halogens is 1. The molecule has 0 amide bonds. The van der Waals surface area contributed by atoms with Crippen LogP contribution in [0.3, 0.4) is 0 Å². The summed E-state index contributed by atoms with van der Waals surface area (Å²) in [5.41, 5.74) is 0. The Morgan fingerprint density at radius 1 is 1.44 bits per heavy atom. The molecule has 2 rings (SSSR count). The molecule has 0 aromatic heterocycles. The van der Waals surface area contributed by atoms with Gasteiger partial charge in [0.05, 0.1) is 25.2 Å². The molecule has 0 aromatic carbocycles. The highest BCUT2D eigenvalue weighted by molar-refractivity contribution is 14.0. The predicted molar refractivity (Wildman–Crippen MR) is 85.5 cm³/mol. The van der Waals surface area contributed by atoms with Gasteiger partial charge in [0.2, 0.25) is 0 Å². The minimum atomic E-state index is 0. The summed E-state index contributed by atoms with van der Waals surface area (Å²) in [4.78, 5) is 7.01. The average Bonchev–Trinajstić information content (AvgIpc) is 2.68. The van der Waals surface area contributed by atoms with Crippen molar-refractivity contribution in [3.63, 3.8) is 0 Å². The summed E-state index contributed by atoms with van der Waals surface area (Å²) in [6, 6.07) is 0.713. The summed E-state index contributed by atoms with van der Waals surface area (Å²) in [7, 11) is 0. The first-order valence-corrected chi connectivity index (χ1v) is 6.80. The monoisotopic (exact) mass is 367 g/mol. The molecule has 0 bridgehead atoms. The van der Waals surface area contributed by atoms with Crippen molar-refractivity contribution in [1.82, 2.24) is 10.2 Å². The smallest absolute Gasteiger partial charge is 0.194 e. The fourth-order valence-corrected chi connectivity index (χ4v) is 2.66. The zero-order valence-electron chi connectivity index (χ0n) is 11.6. The second kappa shape index (κ2) is 6.93. The van der Waals surface area contributed by atoms with Crippen LogP contribution in [0.15, 0.2) is 4.99 Å². The normalized spacial score (nSPS) is 28.5. The van der Waals surface area contributed by atoms with Crippen LogP contribution >= 0.6 is 24.0 Å². The molecule has 1 fully saturated rings. The van der Waals surface area contributed by atoms with Crippen LogP contribution in [0, 0.1) is 11.8 Å². The van der Waals surface area contributed by atoms with Crippen molar-refractivity contribution >= 4 is 29.9 Å². The molecular weight excluding hydrogens is 341 g/mol. The number of hydrogen-bond acceptors (Lipinski definition) is 4. The van der Waals surface area contributed by atoms with E-state index < -0.39 is 0 Å². The van der Waals surface area contributed by atoms with E-state index in [4.69, 9.17) is 0 Å². The van der Waals surface area contributed by atoms with Crippen molar-refractivity contribution in [3.05, 3.63) is 0 Å². The fraction of sp³-hybridized carbons (Fsp3) is 0.923. The maximum absolute atomic E-state index is 9.37. The summed E-state index contributed by atoms with van der Waals surface area (Å²) >= 11 is 0. The van der Waals surface area contributed by atoms with Gasteiger partial charge in [-0.15, -0.1) is 24.0 Å². The Bertz CT molecular complexity index is 296. The first-order valence-electron chi connectivity index (χ1n) is 6.80. The number of aliphatic imine (C=N–C) groups is 1. The van der Waals surface area contributed by atoms with E-state index in [2.05, 4.69) is 36.0 Å². The summed E-state index contributed by atoms with van der Waals surface area (Å²) in [6.45, 7) is 8.75. The molecule has 1 saturated heterocycles. The third kappa shape index (κ3) is 3.50. The third-order valence-electron chi connectivity index (χ3n) is 3.98. The topological polar surface area (TPSA) is 47.9 Å². The molecule has 2 unspecified atom stereocenters. The van der Waals surface area contributed by atoms with Crippen molar-refractivity contribution in [3.8, 4) is 0 Å². The molecule has 0 aromatic rings. The molecule has 2 aliphatic rings. The Labute approximate surface area is 127 Å². The lowest BCUT2D eigenvalue weighted by molar-refractivity contribution is 0.195. The number of hydrogen-bond donors (Lipinski definition) is 2. The Balaban J connectivity index is 0.00000162. The van der Waals surface area contributed by atoms with E-state index in [1.807, 2.05) is 0 Å². The highest BCUT2D eigenvalue weighted by atomic mass is 127. The molecule has 2 heterocycles. The number of aliphatic hydroxyl groups excluding tert-OH is 1. The summed E-state index contributed by atoms with van der Waals surface area (Å²) in [5, 5.41) is 12.8. The van der Waals surface area contributed by atoms with Gasteiger partial charge in [0, 0.05) is 6.54 Å². The van der Waals surface area contributed by atoms with Crippen LogP contribution in [0.2, 0.25) is 0 Å². The standard InChI is InChI=1S/C13H25N3O.HI/c1-9(2)12(8-17)15-13-14-6-11-5-4-10(3)7-16(11)13;/h9-12,17H,4-8H2,1-3H3,(H,14,15);1H/t10?,11?,12-;/m0./s1. The lowest BCUT2D eigenvalue weighted by atomic mass is 9.95. The average molecular weight is 367 g/mol. The van der Waals surface area contributed by atoms with Gasteiger partial charge < -0.3 is 15.3 Å². The van der Waals surface area contributed by atoms with Gasteiger partial charge >= 0.3 is 0 Å². The van der Waals surface area contributed by atoms with Crippen molar-refractivity contribution < 1.29 is 5.11 Å². The van der Waals surface area contributed by atoms with E-state index in [0.29, 0.717) is 12.0 Å². The molecule has 0 spiro atoms. The Kier molecular flexibility index (Phi) is 6.17. The van der Waals surface area contributed by atoms with Crippen LogP contribution in [0.1, 0.15) is 33.6 Å². The van der Waals surface area contributed by atoms with Gasteiger partial charge in [-0.1, -0.05) is 20.8 Å². The van der Waals surface area contributed by atoms with Crippen LogP contribution < -0.4 is 5.32 Å². The lowest BCUT2D eigenvalue weighted by Gasteiger charge is -2.37. The number of guanidine groups is 1. The van der Waals surface area contributed by atoms with Gasteiger partial charge in [-0.05, 0) is 24.7 Å². The van der Waals surface area contributed by atoms with Crippen molar-refractivity contribution in [2.24, 2.45) is 16.8 Å². The molecule has 3 atom stereocenters. The van der Waals surface area contributed by atoms with Gasteiger partial charge in [0.1, 0.15) is 0 Å². The maximum atomic E-state index is 9.37. The number of fused-ring (bicyclic) bond motifs is 1. The predicted octanol–water partition coefficient (Wildman–Crippen LogP) is 1.68. The summed E-state index contributed by atoms with van der Waals surface area (Å²) in [5.74, 6) is 2.18. The molecular formula is C13H26IN3O. The Morgan fingerprint density at radius 2 is 2.17 bits per heavy atom. The number of nitrogens with zero attached hydrogens (tertiary/aromatic N) is 2. The minimum Gasteiger partial charge on any atom is -0.394 e. The first kappa shape index (κ1) is 16.0. The highest BCUT2D eigenvalue weighted by Crippen LogP contribution is 2.25. The van der Waals surface area contributed by atoms with Gasteiger partial charge in [0.25, 0.3) is 0 Å².